The number of unbranched alkanes of at least 4 members (excludes halogenated alkanes) is 2. The molecule has 0 radical (unpaired) electrons. The summed E-state index contributed by atoms with van der Waals surface area (Å²) >= 11 is 0. The molecule has 2 amide bonds. The van der Waals surface area contributed by atoms with Crippen LogP contribution in [0.25, 0.3) is 0 Å². The maximum absolute atomic E-state index is 13.6. The highest BCUT2D eigenvalue weighted by atomic mass is 19.4. The monoisotopic (exact) mass is 677 g/mol. The minimum absolute atomic E-state index is 0.0236. The van der Waals surface area contributed by atoms with Crippen molar-refractivity contribution in [3.63, 3.8) is 0 Å². The standard InChI is InChI=1S/C32H41F6N3O6/c1-7-46-30(43)41-20(2)13-25(24-17-27(44-5)28(18-26(24)41)47-12-10-8-9-11-39(3)4)40(29(42)45-6)19-21-14-22(31(33,34)35)16-23(15-21)32(36,37)38/h14-18,20,25H,7-13,19H2,1-6H3/t20-,25+/m0/s1. The van der Waals surface area contributed by atoms with Gasteiger partial charge in [-0.2, -0.15) is 26.3 Å². The van der Waals surface area contributed by atoms with Crippen molar-refractivity contribution in [2.24, 2.45) is 0 Å². The highest BCUT2D eigenvalue weighted by molar-refractivity contribution is 5.91. The lowest BCUT2D eigenvalue weighted by atomic mass is 9.90. The lowest BCUT2D eigenvalue weighted by Gasteiger charge is -2.42. The van der Waals surface area contributed by atoms with Gasteiger partial charge >= 0.3 is 24.5 Å². The third kappa shape index (κ3) is 9.58. The van der Waals surface area contributed by atoms with Crippen molar-refractivity contribution in [1.82, 2.24) is 9.80 Å². The number of carbonyl (C=O) groups excluding carboxylic acids is 2. The smallest absolute Gasteiger partial charge is 0.416 e. The lowest BCUT2D eigenvalue weighted by molar-refractivity contribution is -0.143. The second kappa shape index (κ2) is 15.8. The van der Waals surface area contributed by atoms with E-state index in [1.54, 1.807) is 26.0 Å². The Morgan fingerprint density at radius 1 is 0.915 bits per heavy atom. The molecule has 0 saturated heterocycles. The van der Waals surface area contributed by atoms with Gasteiger partial charge in [-0.15, -0.1) is 0 Å². The minimum Gasteiger partial charge on any atom is -0.493 e. The van der Waals surface area contributed by atoms with Gasteiger partial charge in [0.25, 0.3) is 0 Å². The van der Waals surface area contributed by atoms with Gasteiger partial charge in [-0.05, 0) is 90.0 Å². The maximum atomic E-state index is 13.6. The van der Waals surface area contributed by atoms with Crippen LogP contribution in [0.2, 0.25) is 0 Å². The molecular weight excluding hydrogens is 636 g/mol. The average Bonchev–Trinajstić information content (AvgIpc) is 2.99. The van der Waals surface area contributed by atoms with Crippen LogP contribution in [0.3, 0.4) is 0 Å². The summed E-state index contributed by atoms with van der Waals surface area (Å²) in [4.78, 5) is 30.8. The van der Waals surface area contributed by atoms with Gasteiger partial charge in [0.05, 0.1) is 50.3 Å². The van der Waals surface area contributed by atoms with Crippen molar-refractivity contribution < 1.29 is 54.9 Å². The molecule has 0 saturated carbocycles. The summed E-state index contributed by atoms with van der Waals surface area (Å²) in [6, 6.07) is 2.68. The van der Waals surface area contributed by atoms with E-state index >= 15 is 0 Å². The molecule has 2 aromatic carbocycles. The molecule has 1 heterocycles. The highest BCUT2D eigenvalue weighted by Crippen LogP contribution is 2.47. The number of anilines is 1. The van der Waals surface area contributed by atoms with Crippen molar-refractivity contribution in [2.75, 3.05) is 53.0 Å². The fourth-order valence-electron chi connectivity index (χ4n) is 5.49. The Morgan fingerprint density at radius 2 is 1.55 bits per heavy atom. The first-order valence-electron chi connectivity index (χ1n) is 15.1. The number of nitrogens with zero attached hydrogens (tertiary/aromatic N) is 3. The van der Waals surface area contributed by atoms with Crippen molar-refractivity contribution in [3.05, 3.63) is 52.6 Å². The summed E-state index contributed by atoms with van der Waals surface area (Å²) in [6.07, 6.45) is -9.18. The summed E-state index contributed by atoms with van der Waals surface area (Å²) in [5, 5.41) is 0. The minimum atomic E-state index is -5.08. The number of halogens is 6. The van der Waals surface area contributed by atoms with Crippen molar-refractivity contribution >= 4 is 17.9 Å². The second-order valence-corrected chi connectivity index (χ2v) is 11.5. The van der Waals surface area contributed by atoms with Crippen LogP contribution in [0.15, 0.2) is 30.3 Å². The lowest BCUT2D eigenvalue weighted by Crippen LogP contribution is -2.47. The molecule has 0 fully saturated rings. The molecule has 1 aliphatic heterocycles. The van der Waals surface area contributed by atoms with Gasteiger partial charge in [0.2, 0.25) is 0 Å². The number of benzene rings is 2. The van der Waals surface area contributed by atoms with Gasteiger partial charge in [-0.1, -0.05) is 0 Å². The van der Waals surface area contributed by atoms with Gasteiger partial charge in [0.15, 0.2) is 11.5 Å². The molecule has 2 aromatic rings. The molecule has 1 aliphatic rings. The molecule has 0 aromatic heterocycles. The van der Waals surface area contributed by atoms with E-state index in [9.17, 15) is 35.9 Å². The van der Waals surface area contributed by atoms with Crippen LogP contribution in [0.5, 0.6) is 11.5 Å². The third-order valence-electron chi connectivity index (χ3n) is 7.69. The zero-order chi connectivity index (χ0) is 35.1. The Morgan fingerprint density at radius 3 is 2.09 bits per heavy atom. The second-order valence-electron chi connectivity index (χ2n) is 11.5. The summed E-state index contributed by atoms with van der Waals surface area (Å²) in [5.74, 6) is 0.557. The Bertz CT molecular complexity index is 1350. The number of methoxy groups -OCH3 is 2. The summed E-state index contributed by atoms with van der Waals surface area (Å²) in [7, 11) is 6.42. The first-order chi connectivity index (χ1) is 22.0. The van der Waals surface area contributed by atoms with Crippen molar-refractivity contribution in [3.8, 4) is 11.5 Å². The Kier molecular flexibility index (Phi) is 12.6. The first kappa shape index (κ1) is 37.6. The molecule has 262 valence electrons. The molecule has 15 heteroatoms. The van der Waals surface area contributed by atoms with Gasteiger partial charge in [0.1, 0.15) is 0 Å². The number of amides is 2. The van der Waals surface area contributed by atoms with Crippen LogP contribution < -0.4 is 14.4 Å². The van der Waals surface area contributed by atoms with Crippen LogP contribution >= 0.6 is 0 Å². The topological polar surface area (TPSA) is 80.8 Å². The highest BCUT2D eigenvalue weighted by Gasteiger charge is 2.42. The Hall–Kier alpha value is -3.88. The largest absolute Gasteiger partial charge is 0.493 e. The van der Waals surface area contributed by atoms with E-state index in [4.69, 9.17) is 18.9 Å². The number of ether oxygens (including phenoxy) is 4. The van der Waals surface area contributed by atoms with Crippen LogP contribution in [-0.2, 0) is 28.4 Å². The van der Waals surface area contributed by atoms with Gasteiger partial charge in [0, 0.05) is 24.2 Å². The Balaban J connectivity index is 2.10. The van der Waals surface area contributed by atoms with Crippen LogP contribution in [0.1, 0.15) is 67.8 Å². The van der Waals surface area contributed by atoms with Crippen LogP contribution in [0, 0.1) is 0 Å². The number of hydrogen-bond acceptors (Lipinski definition) is 7. The third-order valence-corrected chi connectivity index (χ3v) is 7.69. The number of fused-ring (bicyclic) bond motifs is 1. The predicted molar refractivity (Wildman–Crippen MR) is 162 cm³/mol. The van der Waals surface area contributed by atoms with Gasteiger partial charge < -0.3 is 23.8 Å². The first-order valence-corrected chi connectivity index (χ1v) is 15.1. The van der Waals surface area contributed by atoms with Gasteiger partial charge in [-0.3, -0.25) is 9.80 Å². The molecule has 0 spiro atoms. The zero-order valence-electron chi connectivity index (χ0n) is 27.3. The van der Waals surface area contributed by atoms with E-state index in [1.165, 1.54) is 12.0 Å². The summed E-state index contributed by atoms with van der Waals surface area (Å²) < 4.78 is 104. The number of rotatable bonds is 12. The molecule has 0 bridgehead atoms. The molecule has 0 aliphatic carbocycles. The molecule has 47 heavy (non-hydrogen) atoms. The number of carbonyl (C=O) groups is 2. The maximum Gasteiger partial charge on any atom is 0.416 e. The van der Waals surface area contributed by atoms with E-state index in [0.29, 0.717) is 30.1 Å². The van der Waals surface area contributed by atoms with Crippen LogP contribution in [0.4, 0.5) is 41.6 Å². The zero-order valence-corrected chi connectivity index (χ0v) is 27.3. The summed E-state index contributed by atoms with van der Waals surface area (Å²) in [5.41, 5.74) is -2.82. The predicted octanol–water partition coefficient (Wildman–Crippen LogP) is 7.91. The van der Waals surface area contributed by atoms with E-state index < -0.39 is 59.9 Å². The normalized spacial score (nSPS) is 16.5. The van der Waals surface area contributed by atoms with E-state index in [0.717, 1.165) is 37.8 Å². The molecular formula is C32H41F6N3O6. The SMILES string of the molecule is CCOC(=O)N1c2cc(OCCCCCN(C)C)c(OC)cc2[C@H](N(Cc2cc(C(F)(F)F)cc(C(F)(F)F)c2)C(=O)OC)C[C@@H]1C. The van der Waals surface area contributed by atoms with E-state index in [-0.39, 0.29) is 30.5 Å². The molecule has 0 unspecified atom stereocenters. The molecule has 9 nitrogen and oxygen atoms in total. The Labute approximate surface area is 270 Å². The fourth-order valence-corrected chi connectivity index (χ4v) is 5.49. The van der Waals surface area contributed by atoms with Gasteiger partial charge in [-0.25, -0.2) is 9.59 Å². The average molecular weight is 678 g/mol. The summed E-state index contributed by atoms with van der Waals surface area (Å²) in [6.45, 7) is 3.99. The number of hydrogen-bond donors (Lipinski definition) is 0. The van der Waals surface area contributed by atoms with E-state index in [2.05, 4.69) is 4.90 Å². The van der Waals surface area contributed by atoms with Crippen molar-refractivity contribution in [1.29, 1.82) is 0 Å². The van der Waals surface area contributed by atoms with E-state index in [1.807, 2.05) is 14.1 Å². The van der Waals surface area contributed by atoms with Crippen LogP contribution in [-0.4, -0.2) is 76.1 Å². The molecule has 0 N–H and O–H groups in total. The van der Waals surface area contributed by atoms with Crippen molar-refractivity contribution in [2.45, 2.75) is 70.5 Å². The quantitative estimate of drug-likeness (QED) is 0.167. The number of alkyl halides is 6. The molecule has 2 atom stereocenters. The molecule has 3 rings (SSSR count). The fraction of sp³-hybridized carbons (Fsp3) is 0.562.